The standard InChI is InChI=1S/C15H17N/c1-3-6-15(16-2)14-10-9-12-7-4-5-8-13(12)11-14/h3-5,7-11,15-16H,1,6H2,2H3. The van der Waals surface area contributed by atoms with Crippen LogP contribution in [0.2, 0.25) is 0 Å². The summed E-state index contributed by atoms with van der Waals surface area (Å²) in [6.07, 6.45) is 2.91. The molecule has 0 fully saturated rings. The maximum absolute atomic E-state index is 3.80. The van der Waals surface area contributed by atoms with Crippen molar-refractivity contribution in [3.8, 4) is 0 Å². The molecule has 2 aromatic carbocycles. The second kappa shape index (κ2) is 4.95. The lowest BCUT2D eigenvalue weighted by Crippen LogP contribution is -2.15. The minimum atomic E-state index is 0.363. The van der Waals surface area contributed by atoms with Gasteiger partial charge < -0.3 is 5.32 Å². The Hall–Kier alpha value is -1.60. The molecule has 0 saturated heterocycles. The van der Waals surface area contributed by atoms with E-state index in [2.05, 4.69) is 54.4 Å². The molecule has 0 aliphatic carbocycles. The second-order valence-electron chi connectivity index (χ2n) is 3.97. The summed E-state index contributed by atoms with van der Waals surface area (Å²) in [5, 5.41) is 5.90. The molecule has 0 aliphatic rings. The molecule has 0 spiro atoms. The summed E-state index contributed by atoms with van der Waals surface area (Å²) in [6.45, 7) is 3.80. The van der Waals surface area contributed by atoms with Crippen LogP contribution in [-0.2, 0) is 0 Å². The summed E-state index contributed by atoms with van der Waals surface area (Å²) < 4.78 is 0. The molecule has 0 heterocycles. The average Bonchev–Trinajstić information content (AvgIpc) is 2.35. The van der Waals surface area contributed by atoms with Crippen molar-refractivity contribution < 1.29 is 0 Å². The van der Waals surface area contributed by atoms with Crippen LogP contribution in [0.15, 0.2) is 55.1 Å². The maximum atomic E-state index is 3.80. The molecule has 2 aromatic rings. The third-order valence-electron chi connectivity index (χ3n) is 2.93. The topological polar surface area (TPSA) is 12.0 Å². The SMILES string of the molecule is C=CCC(NC)c1ccc2ccccc2c1. The number of fused-ring (bicyclic) bond motifs is 1. The smallest absolute Gasteiger partial charge is 0.0352 e. The van der Waals surface area contributed by atoms with Gasteiger partial charge in [0.25, 0.3) is 0 Å². The van der Waals surface area contributed by atoms with E-state index >= 15 is 0 Å². The Bertz CT molecular complexity index is 488. The summed E-state index contributed by atoms with van der Waals surface area (Å²) in [5.74, 6) is 0. The van der Waals surface area contributed by atoms with Crippen LogP contribution in [-0.4, -0.2) is 7.05 Å². The number of nitrogens with one attached hydrogen (secondary N) is 1. The van der Waals surface area contributed by atoms with E-state index in [1.54, 1.807) is 0 Å². The molecule has 1 nitrogen and oxygen atoms in total. The highest BCUT2D eigenvalue weighted by Gasteiger charge is 2.06. The fourth-order valence-electron chi connectivity index (χ4n) is 2.01. The summed E-state index contributed by atoms with van der Waals surface area (Å²) in [6, 6.07) is 15.4. The van der Waals surface area contributed by atoms with Crippen LogP contribution in [0.5, 0.6) is 0 Å². The van der Waals surface area contributed by atoms with Gasteiger partial charge in [0.1, 0.15) is 0 Å². The van der Waals surface area contributed by atoms with Crippen LogP contribution in [0, 0.1) is 0 Å². The van der Waals surface area contributed by atoms with Crippen LogP contribution in [0.25, 0.3) is 10.8 Å². The normalized spacial score (nSPS) is 12.6. The number of rotatable bonds is 4. The minimum absolute atomic E-state index is 0.363. The van der Waals surface area contributed by atoms with Gasteiger partial charge in [0.15, 0.2) is 0 Å². The largest absolute Gasteiger partial charge is 0.313 e. The fraction of sp³-hybridized carbons (Fsp3) is 0.200. The van der Waals surface area contributed by atoms with Crippen molar-refractivity contribution in [1.29, 1.82) is 0 Å². The van der Waals surface area contributed by atoms with E-state index in [1.165, 1.54) is 16.3 Å². The highest BCUT2D eigenvalue weighted by molar-refractivity contribution is 5.83. The molecule has 1 atom stereocenters. The van der Waals surface area contributed by atoms with Gasteiger partial charge in [-0.05, 0) is 35.9 Å². The van der Waals surface area contributed by atoms with Crippen molar-refractivity contribution in [2.75, 3.05) is 7.05 Å². The van der Waals surface area contributed by atoms with E-state index in [4.69, 9.17) is 0 Å². The van der Waals surface area contributed by atoms with Gasteiger partial charge in [-0.2, -0.15) is 0 Å². The van der Waals surface area contributed by atoms with Crippen LogP contribution in [0.4, 0.5) is 0 Å². The lowest BCUT2D eigenvalue weighted by Gasteiger charge is -2.15. The van der Waals surface area contributed by atoms with E-state index in [9.17, 15) is 0 Å². The molecular formula is C15H17N. The first-order chi connectivity index (χ1) is 7.85. The van der Waals surface area contributed by atoms with Crippen molar-refractivity contribution in [1.82, 2.24) is 5.32 Å². The number of hydrogen-bond acceptors (Lipinski definition) is 1. The molecule has 1 N–H and O–H groups in total. The van der Waals surface area contributed by atoms with E-state index < -0.39 is 0 Å². The predicted octanol–water partition coefficient (Wildman–Crippen LogP) is 3.68. The van der Waals surface area contributed by atoms with Crippen molar-refractivity contribution in [3.63, 3.8) is 0 Å². The third kappa shape index (κ3) is 2.15. The number of benzene rings is 2. The first kappa shape index (κ1) is 10.9. The van der Waals surface area contributed by atoms with Crippen molar-refractivity contribution in [2.24, 2.45) is 0 Å². The maximum Gasteiger partial charge on any atom is 0.0352 e. The Morgan fingerprint density at radius 3 is 2.62 bits per heavy atom. The minimum Gasteiger partial charge on any atom is -0.313 e. The molecule has 0 aliphatic heterocycles. The first-order valence-corrected chi connectivity index (χ1v) is 5.62. The van der Waals surface area contributed by atoms with Crippen LogP contribution in [0.3, 0.4) is 0 Å². The molecule has 0 saturated carbocycles. The highest BCUT2D eigenvalue weighted by Crippen LogP contribution is 2.22. The molecule has 82 valence electrons. The highest BCUT2D eigenvalue weighted by atomic mass is 14.9. The van der Waals surface area contributed by atoms with E-state index in [-0.39, 0.29) is 0 Å². The average molecular weight is 211 g/mol. The van der Waals surface area contributed by atoms with Crippen molar-refractivity contribution >= 4 is 10.8 Å². The van der Waals surface area contributed by atoms with E-state index in [1.807, 2.05) is 13.1 Å². The molecule has 1 heteroatoms. The Labute approximate surface area is 96.8 Å². The molecule has 1 unspecified atom stereocenters. The zero-order valence-electron chi connectivity index (χ0n) is 9.61. The van der Waals surface area contributed by atoms with Gasteiger partial charge in [0.05, 0.1) is 0 Å². The van der Waals surface area contributed by atoms with Crippen LogP contribution >= 0.6 is 0 Å². The van der Waals surface area contributed by atoms with Gasteiger partial charge in [-0.3, -0.25) is 0 Å². The van der Waals surface area contributed by atoms with Gasteiger partial charge in [-0.1, -0.05) is 42.5 Å². The lowest BCUT2D eigenvalue weighted by molar-refractivity contribution is 0.604. The summed E-state index contributed by atoms with van der Waals surface area (Å²) in [4.78, 5) is 0. The zero-order valence-corrected chi connectivity index (χ0v) is 9.61. The molecule has 0 amide bonds. The number of hydrogen-bond donors (Lipinski definition) is 1. The van der Waals surface area contributed by atoms with Crippen LogP contribution in [0.1, 0.15) is 18.0 Å². The Balaban J connectivity index is 2.41. The fourth-order valence-corrected chi connectivity index (χ4v) is 2.01. The molecule has 16 heavy (non-hydrogen) atoms. The monoisotopic (exact) mass is 211 g/mol. The zero-order chi connectivity index (χ0) is 11.4. The van der Waals surface area contributed by atoms with Gasteiger partial charge in [0.2, 0.25) is 0 Å². The predicted molar refractivity (Wildman–Crippen MR) is 70.6 cm³/mol. The van der Waals surface area contributed by atoms with Gasteiger partial charge in [-0.15, -0.1) is 6.58 Å². The van der Waals surface area contributed by atoms with Crippen molar-refractivity contribution in [2.45, 2.75) is 12.5 Å². The van der Waals surface area contributed by atoms with Crippen LogP contribution < -0.4 is 5.32 Å². The van der Waals surface area contributed by atoms with Gasteiger partial charge >= 0.3 is 0 Å². The Morgan fingerprint density at radius 1 is 1.19 bits per heavy atom. The summed E-state index contributed by atoms with van der Waals surface area (Å²) >= 11 is 0. The molecule has 0 bridgehead atoms. The molecule has 0 radical (unpaired) electrons. The van der Waals surface area contributed by atoms with E-state index in [0.717, 1.165) is 6.42 Å². The van der Waals surface area contributed by atoms with E-state index in [0.29, 0.717) is 6.04 Å². The second-order valence-corrected chi connectivity index (χ2v) is 3.97. The van der Waals surface area contributed by atoms with Crippen molar-refractivity contribution in [3.05, 3.63) is 60.7 Å². The third-order valence-corrected chi connectivity index (χ3v) is 2.93. The van der Waals surface area contributed by atoms with Gasteiger partial charge in [0, 0.05) is 6.04 Å². The molecule has 2 rings (SSSR count). The molecular weight excluding hydrogens is 194 g/mol. The molecule has 0 aromatic heterocycles. The first-order valence-electron chi connectivity index (χ1n) is 5.62. The lowest BCUT2D eigenvalue weighted by atomic mass is 10.00. The quantitative estimate of drug-likeness (QED) is 0.761. The summed E-state index contributed by atoms with van der Waals surface area (Å²) in [5.41, 5.74) is 1.32. The Kier molecular flexibility index (Phi) is 3.37. The van der Waals surface area contributed by atoms with Gasteiger partial charge in [-0.25, -0.2) is 0 Å². The Morgan fingerprint density at radius 2 is 1.94 bits per heavy atom. The summed E-state index contributed by atoms with van der Waals surface area (Å²) in [7, 11) is 1.99.